The fourth-order valence-electron chi connectivity index (χ4n) is 1.86. The van der Waals surface area contributed by atoms with Crippen molar-refractivity contribution in [1.29, 1.82) is 0 Å². The van der Waals surface area contributed by atoms with Gasteiger partial charge in [-0.2, -0.15) is 0 Å². The Balaban J connectivity index is 2.17. The zero-order chi connectivity index (χ0) is 13.6. The molecule has 0 N–H and O–H groups in total. The molecule has 0 bridgehead atoms. The van der Waals surface area contributed by atoms with Gasteiger partial charge in [0.2, 0.25) is 0 Å². The minimum absolute atomic E-state index is 0.0590. The van der Waals surface area contributed by atoms with E-state index in [0.717, 1.165) is 22.1 Å². The second kappa shape index (κ2) is 5.14. The first kappa shape index (κ1) is 13.5. The van der Waals surface area contributed by atoms with Gasteiger partial charge in [0, 0.05) is 5.92 Å². The minimum atomic E-state index is -0.511. The van der Waals surface area contributed by atoms with Crippen molar-refractivity contribution < 1.29 is 4.39 Å². The van der Waals surface area contributed by atoms with E-state index >= 15 is 0 Å². The summed E-state index contributed by atoms with van der Waals surface area (Å²) in [7, 11) is 0. The SMILES string of the molecule is Fc1c(Cl)cccc1-c1nc(Cl)c(I)c(C2CC2)n1. The topological polar surface area (TPSA) is 25.8 Å². The molecule has 1 aromatic carbocycles. The van der Waals surface area contributed by atoms with Gasteiger partial charge in [0.15, 0.2) is 11.6 Å². The van der Waals surface area contributed by atoms with Crippen LogP contribution in [0.2, 0.25) is 10.2 Å². The van der Waals surface area contributed by atoms with Crippen LogP contribution < -0.4 is 0 Å². The van der Waals surface area contributed by atoms with E-state index in [4.69, 9.17) is 23.2 Å². The molecule has 1 fully saturated rings. The fraction of sp³-hybridized carbons (Fsp3) is 0.231. The standard InChI is InChI=1S/C13H8Cl2FIN2/c14-8-3-1-2-7(9(8)16)13-18-11(6-4-5-6)10(17)12(15)19-13/h1-3,6H,4-5H2. The Kier molecular flexibility index (Phi) is 3.66. The van der Waals surface area contributed by atoms with Gasteiger partial charge in [0.25, 0.3) is 0 Å². The minimum Gasteiger partial charge on any atom is -0.231 e. The number of aromatic nitrogens is 2. The second-order valence-electron chi connectivity index (χ2n) is 4.41. The van der Waals surface area contributed by atoms with Gasteiger partial charge < -0.3 is 0 Å². The average molecular weight is 409 g/mol. The highest BCUT2D eigenvalue weighted by Crippen LogP contribution is 2.43. The third-order valence-corrected chi connectivity index (χ3v) is 4.94. The average Bonchev–Trinajstić information content (AvgIpc) is 3.20. The molecule has 0 atom stereocenters. The summed E-state index contributed by atoms with van der Waals surface area (Å²) in [6.45, 7) is 0. The molecule has 0 spiro atoms. The number of hydrogen-bond donors (Lipinski definition) is 0. The molecule has 3 rings (SSSR count). The van der Waals surface area contributed by atoms with Crippen molar-refractivity contribution in [2.75, 3.05) is 0 Å². The maximum atomic E-state index is 14.0. The Bertz CT molecular complexity index is 659. The number of hydrogen-bond acceptors (Lipinski definition) is 2. The van der Waals surface area contributed by atoms with E-state index in [1.54, 1.807) is 12.1 Å². The number of halogens is 4. The van der Waals surface area contributed by atoms with Crippen molar-refractivity contribution in [3.8, 4) is 11.4 Å². The number of rotatable bonds is 2. The first-order valence-corrected chi connectivity index (χ1v) is 7.58. The molecule has 0 radical (unpaired) electrons. The van der Waals surface area contributed by atoms with E-state index in [0.29, 0.717) is 16.9 Å². The molecular weight excluding hydrogens is 401 g/mol. The van der Waals surface area contributed by atoms with Crippen LogP contribution in [0.5, 0.6) is 0 Å². The normalized spacial score (nSPS) is 14.7. The Morgan fingerprint density at radius 1 is 1.21 bits per heavy atom. The molecule has 1 aliphatic carbocycles. The zero-order valence-electron chi connectivity index (χ0n) is 9.63. The molecule has 0 amide bonds. The molecule has 1 aromatic heterocycles. The summed E-state index contributed by atoms with van der Waals surface area (Å²) in [4.78, 5) is 8.63. The van der Waals surface area contributed by atoms with Gasteiger partial charge in [-0.15, -0.1) is 0 Å². The van der Waals surface area contributed by atoms with E-state index in [2.05, 4.69) is 32.6 Å². The van der Waals surface area contributed by atoms with Gasteiger partial charge in [-0.3, -0.25) is 0 Å². The van der Waals surface area contributed by atoms with E-state index in [9.17, 15) is 4.39 Å². The molecule has 0 unspecified atom stereocenters. The summed E-state index contributed by atoms with van der Waals surface area (Å²) >= 11 is 14.0. The highest BCUT2D eigenvalue weighted by atomic mass is 127. The molecule has 98 valence electrons. The van der Waals surface area contributed by atoms with Crippen molar-refractivity contribution in [3.63, 3.8) is 0 Å². The maximum Gasteiger partial charge on any atom is 0.164 e. The van der Waals surface area contributed by atoms with Gasteiger partial charge in [-0.05, 0) is 47.6 Å². The van der Waals surface area contributed by atoms with Crippen molar-refractivity contribution in [1.82, 2.24) is 9.97 Å². The molecule has 1 saturated carbocycles. The Morgan fingerprint density at radius 3 is 2.63 bits per heavy atom. The van der Waals surface area contributed by atoms with Crippen LogP contribution in [0.4, 0.5) is 4.39 Å². The van der Waals surface area contributed by atoms with E-state index in [1.165, 1.54) is 6.07 Å². The molecular formula is C13H8Cl2FIN2. The van der Waals surface area contributed by atoms with Gasteiger partial charge in [0.1, 0.15) is 5.15 Å². The molecule has 1 aliphatic rings. The quantitative estimate of drug-likeness (QED) is 0.512. The van der Waals surface area contributed by atoms with Crippen LogP contribution in [0.15, 0.2) is 18.2 Å². The third-order valence-electron chi connectivity index (χ3n) is 2.99. The van der Waals surface area contributed by atoms with E-state index in [-0.39, 0.29) is 10.6 Å². The lowest BCUT2D eigenvalue weighted by molar-refractivity contribution is 0.630. The Hall–Kier alpha value is -0.460. The van der Waals surface area contributed by atoms with Crippen LogP contribution in [-0.4, -0.2) is 9.97 Å². The molecule has 6 heteroatoms. The van der Waals surface area contributed by atoms with Crippen LogP contribution >= 0.6 is 45.8 Å². The molecule has 19 heavy (non-hydrogen) atoms. The molecule has 0 saturated heterocycles. The van der Waals surface area contributed by atoms with E-state index in [1.807, 2.05) is 0 Å². The van der Waals surface area contributed by atoms with Crippen molar-refractivity contribution in [2.24, 2.45) is 0 Å². The summed E-state index contributed by atoms with van der Waals surface area (Å²) in [6.07, 6.45) is 2.20. The van der Waals surface area contributed by atoms with Gasteiger partial charge in [-0.25, -0.2) is 14.4 Å². The lowest BCUT2D eigenvalue weighted by Crippen LogP contribution is -2.01. The fourth-order valence-corrected chi connectivity index (χ4v) is 2.89. The second-order valence-corrected chi connectivity index (χ2v) is 6.26. The van der Waals surface area contributed by atoms with Crippen molar-refractivity contribution >= 4 is 45.8 Å². The summed E-state index contributed by atoms with van der Waals surface area (Å²) in [5, 5.41) is 0.426. The Morgan fingerprint density at radius 2 is 1.95 bits per heavy atom. The molecule has 1 heterocycles. The van der Waals surface area contributed by atoms with Crippen LogP contribution in [0.3, 0.4) is 0 Å². The lowest BCUT2D eigenvalue weighted by atomic mass is 10.2. The Labute approximate surface area is 133 Å². The van der Waals surface area contributed by atoms with Gasteiger partial charge in [0.05, 0.1) is 19.9 Å². The predicted octanol–water partition coefficient (Wildman–Crippen LogP) is 5.07. The van der Waals surface area contributed by atoms with E-state index < -0.39 is 5.82 Å². The van der Waals surface area contributed by atoms with Crippen LogP contribution in [0, 0.1) is 9.39 Å². The number of nitrogens with zero attached hydrogens (tertiary/aromatic N) is 2. The van der Waals surface area contributed by atoms with Crippen LogP contribution in [0.25, 0.3) is 11.4 Å². The first-order valence-electron chi connectivity index (χ1n) is 5.75. The van der Waals surface area contributed by atoms with Crippen molar-refractivity contribution in [3.05, 3.63) is 43.5 Å². The smallest absolute Gasteiger partial charge is 0.164 e. The third kappa shape index (κ3) is 2.58. The number of benzene rings is 1. The maximum absolute atomic E-state index is 14.0. The molecule has 2 aromatic rings. The lowest BCUT2D eigenvalue weighted by Gasteiger charge is -2.08. The highest BCUT2D eigenvalue weighted by molar-refractivity contribution is 14.1. The largest absolute Gasteiger partial charge is 0.231 e. The summed E-state index contributed by atoms with van der Waals surface area (Å²) < 4.78 is 14.9. The van der Waals surface area contributed by atoms with Gasteiger partial charge in [-0.1, -0.05) is 29.3 Å². The van der Waals surface area contributed by atoms with Crippen LogP contribution in [0.1, 0.15) is 24.5 Å². The highest BCUT2D eigenvalue weighted by Gasteiger charge is 2.29. The van der Waals surface area contributed by atoms with Crippen molar-refractivity contribution in [2.45, 2.75) is 18.8 Å². The van der Waals surface area contributed by atoms with Crippen LogP contribution in [-0.2, 0) is 0 Å². The summed E-state index contributed by atoms with van der Waals surface area (Å²) in [5.41, 5.74) is 1.20. The summed E-state index contributed by atoms with van der Waals surface area (Å²) in [5.74, 6) is 0.212. The van der Waals surface area contributed by atoms with Gasteiger partial charge >= 0.3 is 0 Å². The molecule has 2 nitrogen and oxygen atoms in total. The summed E-state index contributed by atoms with van der Waals surface area (Å²) in [6, 6.07) is 4.78. The predicted molar refractivity (Wildman–Crippen MR) is 82.1 cm³/mol. The molecule has 0 aliphatic heterocycles. The zero-order valence-corrected chi connectivity index (χ0v) is 13.3. The monoisotopic (exact) mass is 408 g/mol. The first-order chi connectivity index (χ1) is 9.08.